The Morgan fingerprint density at radius 1 is 1.26 bits per heavy atom. The van der Waals surface area contributed by atoms with Crippen LogP contribution in [0.5, 0.6) is 5.75 Å². The highest BCUT2D eigenvalue weighted by Crippen LogP contribution is 2.16. The van der Waals surface area contributed by atoms with Crippen molar-refractivity contribution in [1.29, 1.82) is 0 Å². The molecule has 1 aliphatic heterocycles. The second kappa shape index (κ2) is 9.82. The minimum atomic E-state index is -0.586. The Balaban J connectivity index is 1.65. The van der Waals surface area contributed by atoms with Crippen LogP contribution in [0.1, 0.15) is 23.2 Å². The molecule has 5 amide bonds. The maximum atomic E-state index is 11.7. The molecule has 0 saturated carbocycles. The van der Waals surface area contributed by atoms with Crippen molar-refractivity contribution in [1.82, 2.24) is 15.5 Å². The summed E-state index contributed by atoms with van der Waals surface area (Å²) >= 11 is 0. The monoisotopic (exact) mass is 372 g/mol. The number of nitrogens with one attached hydrogen (secondary N) is 2. The van der Waals surface area contributed by atoms with Crippen LogP contribution in [0.4, 0.5) is 4.79 Å². The summed E-state index contributed by atoms with van der Waals surface area (Å²) in [6.07, 6.45) is 0.351. The zero-order valence-electron chi connectivity index (χ0n) is 14.6. The number of hydrogen-bond acceptors (Lipinski definition) is 5. The van der Waals surface area contributed by atoms with E-state index < -0.39 is 11.9 Å². The highest BCUT2D eigenvalue weighted by atomic mass is 16.5. The zero-order chi connectivity index (χ0) is 19.6. The number of carbonyl (C=O) groups excluding carboxylic acids is 4. The number of nitrogens with two attached hydrogens (primary N) is 1. The van der Waals surface area contributed by atoms with Gasteiger partial charge in [-0.15, -0.1) is 0 Å². The molecule has 1 saturated heterocycles. The Kier molecular flexibility index (Phi) is 7.19. The van der Waals surface area contributed by atoms with Gasteiger partial charge < -0.3 is 20.7 Å². The molecule has 0 aromatic heterocycles. The summed E-state index contributed by atoms with van der Waals surface area (Å²) < 4.78 is 5.39. The molecule has 1 fully saturated rings. The number of amides is 5. The molecule has 1 aromatic carbocycles. The number of nitrogens with zero attached hydrogens (tertiary/aromatic N) is 1. The number of ether oxygens (including phenoxy) is 1. The zero-order valence-corrected chi connectivity index (χ0v) is 14.6. The van der Waals surface area contributed by atoms with Crippen molar-refractivity contribution < 1.29 is 23.9 Å². The number of primary amides is 1. The lowest BCUT2D eigenvalue weighted by molar-refractivity contribution is -0.121. The first kappa shape index (κ1) is 19.8. The van der Waals surface area contributed by atoms with Crippen molar-refractivity contribution >= 4 is 23.8 Å². The molecule has 4 N–H and O–H groups in total. The van der Waals surface area contributed by atoms with Gasteiger partial charge in [-0.1, -0.05) is 24.0 Å². The second-order valence-corrected chi connectivity index (χ2v) is 5.62. The van der Waals surface area contributed by atoms with Gasteiger partial charge in [0.15, 0.2) is 0 Å². The summed E-state index contributed by atoms with van der Waals surface area (Å²) in [4.78, 5) is 47.0. The van der Waals surface area contributed by atoms with E-state index >= 15 is 0 Å². The molecule has 1 aliphatic rings. The summed E-state index contributed by atoms with van der Waals surface area (Å²) in [6, 6.07) is 6.10. The van der Waals surface area contributed by atoms with Gasteiger partial charge >= 0.3 is 6.03 Å². The van der Waals surface area contributed by atoms with Gasteiger partial charge in [-0.3, -0.25) is 19.7 Å². The van der Waals surface area contributed by atoms with Crippen molar-refractivity contribution in [3.8, 4) is 17.6 Å². The van der Waals surface area contributed by atoms with Crippen molar-refractivity contribution in [2.24, 2.45) is 5.73 Å². The first-order chi connectivity index (χ1) is 13.0. The van der Waals surface area contributed by atoms with Crippen molar-refractivity contribution in [3.63, 3.8) is 0 Å². The molecule has 1 aromatic rings. The highest BCUT2D eigenvalue weighted by Gasteiger charge is 2.22. The first-order valence-corrected chi connectivity index (χ1v) is 8.30. The van der Waals surface area contributed by atoms with E-state index in [1.54, 1.807) is 24.3 Å². The van der Waals surface area contributed by atoms with Gasteiger partial charge in [-0.25, -0.2) is 4.79 Å². The standard InChI is InChI=1S/C18H20N4O5/c19-17(25)13-5-1-2-6-14(13)27-12-4-3-9-20-15(23)7-10-22-11-8-16(24)21-18(22)26/h1-2,5-6H,7-12H2,(H2,19,25)(H,20,23)(H,21,24,26). The molecule has 0 aliphatic carbocycles. The van der Waals surface area contributed by atoms with E-state index in [2.05, 4.69) is 22.5 Å². The Bertz CT molecular complexity index is 796. The lowest BCUT2D eigenvalue weighted by atomic mass is 10.2. The number of urea groups is 1. The third kappa shape index (κ3) is 6.36. The van der Waals surface area contributed by atoms with E-state index in [1.807, 2.05) is 0 Å². The number of rotatable bonds is 7. The van der Waals surface area contributed by atoms with Gasteiger partial charge in [-0.2, -0.15) is 0 Å². The van der Waals surface area contributed by atoms with E-state index in [9.17, 15) is 19.2 Å². The average Bonchev–Trinajstić information content (AvgIpc) is 2.64. The van der Waals surface area contributed by atoms with Gasteiger partial charge in [0, 0.05) is 25.9 Å². The number of imide groups is 1. The minimum absolute atomic E-state index is 0.0438. The van der Waals surface area contributed by atoms with Gasteiger partial charge in [-0.05, 0) is 12.1 Å². The number of benzene rings is 1. The predicted octanol–water partition coefficient (Wildman–Crippen LogP) is -0.384. The fourth-order valence-corrected chi connectivity index (χ4v) is 2.30. The average molecular weight is 372 g/mol. The van der Waals surface area contributed by atoms with Crippen molar-refractivity contribution in [3.05, 3.63) is 29.8 Å². The van der Waals surface area contributed by atoms with Crippen molar-refractivity contribution in [2.75, 3.05) is 26.2 Å². The van der Waals surface area contributed by atoms with Crippen LogP contribution in [0, 0.1) is 11.8 Å². The first-order valence-electron chi connectivity index (χ1n) is 8.30. The van der Waals surface area contributed by atoms with Crippen LogP contribution in [0.15, 0.2) is 24.3 Å². The molecule has 9 heteroatoms. The molecule has 142 valence electrons. The van der Waals surface area contributed by atoms with Crippen molar-refractivity contribution in [2.45, 2.75) is 12.8 Å². The summed E-state index contributed by atoms with van der Waals surface area (Å²) in [5.74, 6) is 4.65. The summed E-state index contributed by atoms with van der Waals surface area (Å²) in [6.45, 7) is 0.708. The number of hydrogen-bond donors (Lipinski definition) is 3. The minimum Gasteiger partial charge on any atom is -0.480 e. The second-order valence-electron chi connectivity index (χ2n) is 5.62. The Labute approximate surface area is 156 Å². The largest absolute Gasteiger partial charge is 0.480 e. The molecule has 0 atom stereocenters. The quantitative estimate of drug-likeness (QED) is 0.562. The van der Waals surface area contributed by atoms with E-state index in [1.165, 1.54) is 4.90 Å². The van der Waals surface area contributed by atoms with E-state index in [0.29, 0.717) is 12.3 Å². The lowest BCUT2D eigenvalue weighted by Crippen LogP contribution is -2.50. The lowest BCUT2D eigenvalue weighted by Gasteiger charge is -2.26. The molecule has 2 rings (SSSR count). The fourth-order valence-electron chi connectivity index (χ4n) is 2.30. The van der Waals surface area contributed by atoms with Crippen LogP contribution < -0.4 is 21.1 Å². The van der Waals surface area contributed by atoms with Crippen LogP contribution in [-0.4, -0.2) is 54.9 Å². The Morgan fingerprint density at radius 3 is 2.78 bits per heavy atom. The SMILES string of the molecule is NC(=O)c1ccccc1OCC#CCNC(=O)CCN1CCC(=O)NC1=O. The van der Waals surface area contributed by atoms with Crippen LogP contribution in [0.2, 0.25) is 0 Å². The van der Waals surface area contributed by atoms with Crippen LogP contribution in [0.3, 0.4) is 0 Å². The molecule has 0 spiro atoms. The van der Waals surface area contributed by atoms with Gasteiger partial charge in [0.25, 0.3) is 5.91 Å². The van der Waals surface area contributed by atoms with Gasteiger partial charge in [0.1, 0.15) is 12.4 Å². The van der Waals surface area contributed by atoms with E-state index in [4.69, 9.17) is 10.5 Å². The van der Waals surface area contributed by atoms with Gasteiger partial charge in [0.2, 0.25) is 11.8 Å². The molecular weight excluding hydrogens is 352 g/mol. The third-order valence-electron chi connectivity index (χ3n) is 3.70. The molecule has 0 radical (unpaired) electrons. The molecule has 9 nitrogen and oxygen atoms in total. The maximum absolute atomic E-state index is 11.7. The predicted molar refractivity (Wildman–Crippen MR) is 95.6 cm³/mol. The van der Waals surface area contributed by atoms with E-state index in [0.717, 1.165) is 0 Å². The summed E-state index contributed by atoms with van der Waals surface area (Å²) in [7, 11) is 0. The van der Waals surface area contributed by atoms with Crippen LogP contribution >= 0.6 is 0 Å². The molecule has 1 heterocycles. The molecular formula is C18H20N4O5. The fraction of sp³-hybridized carbons (Fsp3) is 0.333. The number of carbonyl (C=O) groups is 4. The topological polar surface area (TPSA) is 131 Å². The Morgan fingerprint density at radius 2 is 2.04 bits per heavy atom. The normalized spacial score (nSPS) is 13.3. The number of para-hydroxylation sites is 1. The summed E-state index contributed by atoms with van der Waals surface area (Å²) in [5.41, 5.74) is 5.52. The Hall–Kier alpha value is -3.54. The van der Waals surface area contributed by atoms with Crippen LogP contribution in [0.25, 0.3) is 0 Å². The van der Waals surface area contributed by atoms with Gasteiger partial charge in [0.05, 0.1) is 12.1 Å². The molecule has 27 heavy (non-hydrogen) atoms. The molecule has 0 bridgehead atoms. The van der Waals surface area contributed by atoms with E-state index in [-0.39, 0.29) is 49.9 Å². The maximum Gasteiger partial charge on any atom is 0.324 e. The highest BCUT2D eigenvalue weighted by molar-refractivity contribution is 5.97. The smallest absolute Gasteiger partial charge is 0.324 e. The molecule has 0 unspecified atom stereocenters. The third-order valence-corrected chi connectivity index (χ3v) is 3.70. The van der Waals surface area contributed by atoms with Crippen LogP contribution in [-0.2, 0) is 9.59 Å². The summed E-state index contributed by atoms with van der Waals surface area (Å²) in [5, 5.41) is 4.80.